The van der Waals surface area contributed by atoms with Crippen LogP contribution in [0, 0.1) is 0 Å². The average Bonchev–Trinajstić information content (AvgIpc) is 2.77. The molecule has 0 saturated heterocycles. The Morgan fingerprint density at radius 2 is 1.71 bits per heavy atom. The Balaban J connectivity index is 2.74. The van der Waals surface area contributed by atoms with Gasteiger partial charge in [-0.15, -0.1) is 0 Å². The summed E-state index contributed by atoms with van der Waals surface area (Å²) in [7, 11) is -10.2. The van der Waals surface area contributed by atoms with Gasteiger partial charge in [0.2, 0.25) is 0 Å². The molecule has 0 aromatic heterocycles. The summed E-state index contributed by atoms with van der Waals surface area (Å²) in [5.74, 6) is 0. The van der Waals surface area contributed by atoms with Crippen molar-refractivity contribution in [2.75, 3.05) is 11.4 Å². The molecular weight excluding hydrogens is 318 g/mol. The van der Waals surface area contributed by atoms with Gasteiger partial charge in [0.15, 0.2) is 0 Å². The van der Waals surface area contributed by atoms with E-state index in [-0.39, 0.29) is 13.0 Å². The van der Waals surface area contributed by atoms with Gasteiger partial charge in [0, 0.05) is 18.7 Å². The Labute approximate surface area is 124 Å². The van der Waals surface area contributed by atoms with Crippen LogP contribution in [0.5, 0.6) is 0 Å². The van der Waals surface area contributed by atoms with Gasteiger partial charge in [-0.2, -0.15) is 16.8 Å². The van der Waals surface area contributed by atoms with Crippen LogP contribution in [0.2, 0.25) is 0 Å². The molecule has 1 aliphatic rings. The molecule has 0 radical (unpaired) electrons. The van der Waals surface area contributed by atoms with E-state index in [2.05, 4.69) is 0 Å². The molecule has 21 heavy (non-hydrogen) atoms. The van der Waals surface area contributed by atoms with Crippen LogP contribution in [0.3, 0.4) is 0 Å². The largest absolute Gasteiger partial charge is 0.336 e. The van der Waals surface area contributed by atoms with E-state index >= 15 is 0 Å². The second kappa shape index (κ2) is 5.24. The van der Waals surface area contributed by atoms with Gasteiger partial charge >= 0.3 is 20.2 Å². The Kier molecular flexibility index (Phi) is 4.04. The van der Waals surface area contributed by atoms with Crippen molar-refractivity contribution >= 4 is 25.9 Å². The number of nitrogens with zero attached hydrogens (tertiary/aromatic N) is 1. The lowest BCUT2D eigenvalue weighted by atomic mass is 10.2. The lowest BCUT2D eigenvalue weighted by Crippen LogP contribution is -2.59. The van der Waals surface area contributed by atoms with Crippen molar-refractivity contribution in [3.8, 4) is 0 Å². The molecule has 9 heteroatoms. The van der Waals surface area contributed by atoms with Crippen molar-refractivity contribution in [3.63, 3.8) is 0 Å². The minimum absolute atomic E-state index is 0.0823. The SMILES string of the molecule is CCCC(N1CCc2ccccc21)(S(=O)(=O)O)S(=O)(=O)O. The van der Waals surface area contributed by atoms with Gasteiger partial charge in [-0.1, -0.05) is 31.5 Å². The summed E-state index contributed by atoms with van der Waals surface area (Å²) in [6, 6.07) is 6.72. The highest BCUT2D eigenvalue weighted by atomic mass is 32.3. The van der Waals surface area contributed by atoms with Crippen molar-refractivity contribution in [2.45, 2.75) is 30.4 Å². The third-order valence-corrected chi connectivity index (χ3v) is 7.40. The molecule has 0 bridgehead atoms. The zero-order valence-corrected chi connectivity index (χ0v) is 13.1. The molecule has 0 unspecified atom stereocenters. The number of fused-ring (bicyclic) bond motifs is 1. The van der Waals surface area contributed by atoms with E-state index in [4.69, 9.17) is 0 Å². The highest BCUT2D eigenvalue weighted by Gasteiger charge is 2.59. The van der Waals surface area contributed by atoms with E-state index in [0.29, 0.717) is 12.1 Å². The molecule has 118 valence electrons. The van der Waals surface area contributed by atoms with Gasteiger partial charge in [0.1, 0.15) is 0 Å². The Hall–Kier alpha value is -1.16. The smallest absolute Gasteiger partial charge is 0.307 e. The minimum atomic E-state index is -5.08. The molecule has 0 fully saturated rings. The van der Waals surface area contributed by atoms with Crippen LogP contribution in [0.4, 0.5) is 5.69 Å². The fourth-order valence-electron chi connectivity index (χ4n) is 2.81. The maximum atomic E-state index is 11.9. The molecule has 0 saturated carbocycles. The molecule has 1 aromatic rings. The first kappa shape index (κ1) is 16.2. The highest BCUT2D eigenvalue weighted by molar-refractivity contribution is 8.05. The number of benzene rings is 1. The predicted molar refractivity (Wildman–Crippen MR) is 78.2 cm³/mol. The van der Waals surface area contributed by atoms with E-state index in [1.807, 2.05) is 0 Å². The van der Waals surface area contributed by atoms with Gasteiger partial charge < -0.3 is 4.90 Å². The Bertz CT molecular complexity index is 709. The van der Waals surface area contributed by atoms with Crippen molar-refractivity contribution in [2.24, 2.45) is 0 Å². The molecule has 2 N–H and O–H groups in total. The van der Waals surface area contributed by atoms with E-state index < -0.39 is 30.9 Å². The molecule has 0 aliphatic carbocycles. The van der Waals surface area contributed by atoms with Crippen molar-refractivity contribution in [1.29, 1.82) is 0 Å². The molecule has 7 nitrogen and oxygen atoms in total. The zero-order chi connectivity index (χ0) is 15.9. The van der Waals surface area contributed by atoms with Gasteiger partial charge in [-0.3, -0.25) is 9.11 Å². The van der Waals surface area contributed by atoms with E-state index in [9.17, 15) is 25.9 Å². The van der Waals surface area contributed by atoms with E-state index in [1.54, 1.807) is 31.2 Å². The fourth-order valence-corrected chi connectivity index (χ4v) is 5.74. The first-order valence-electron chi connectivity index (χ1n) is 6.45. The van der Waals surface area contributed by atoms with Crippen LogP contribution in [0.1, 0.15) is 25.3 Å². The third-order valence-electron chi connectivity index (χ3n) is 3.67. The lowest BCUT2D eigenvalue weighted by molar-refractivity contribution is 0.404. The van der Waals surface area contributed by atoms with Crippen LogP contribution in [-0.4, -0.2) is 36.7 Å². The zero-order valence-electron chi connectivity index (χ0n) is 11.4. The maximum absolute atomic E-state index is 11.9. The average molecular weight is 335 g/mol. The number of rotatable bonds is 5. The fraction of sp³-hybridized carbons (Fsp3) is 0.500. The monoisotopic (exact) mass is 335 g/mol. The minimum Gasteiger partial charge on any atom is -0.336 e. The quantitative estimate of drug-likeness (QED) is 0.779. The third kappa shape index (κ3) is 2.44. The van der Waals surface area contributed by atoms with Crippen LogP contribution < -0.4 is 4.90 Å². The van der Waals surface area contributed by atoms with Crippen molar-refractivity contribution in [1.82, 2.24) is 0 Å². The summed E-state index contributed by atoms with van der Waals surface area (Å²) in [6.07, 6.45) is 0.157. The molecular formula is C12H17NO6S2. The summed E-state index contributed by atoms with van der Waals surface area (Å²) >= 11 is 0. The number of hydrogen-bond acceptors (Lipinski definition) is 5. The van der Waals surface area contributed by atoms with Gasteiger partial charge in [-0.25, -0.2) is 0 Å². The molecule has 0 atom stereocenters. The normalized spacial score (nSPS) is 16.0. The number of anilines is 1. The van der Waals surface area contributed by atoms with Crippen molar-refractivity contribution < 1.29 is 25.9 Å². The van der Waals surface area contributed by atoms with Crippen LogP contribution in [0.25, 0.3) is 0 Å². The van der Waals surface area contributed by atoms with Gasteiger partial charge in [0.05, 0.1) is 0 Å². The second-order valence-electron chi connectivity index (χ2n) is 4.94. The van der Waals surface area contributed by atoms with Gasteiger partial charge in [0.25, 0.3) is 4.20 Å². The Morgan fingerprint density at radius 1 is 1.14 bits per heavy atom. The van der Waals surface area contributed by atoms with Gasteiger partial charge in [-0.05, 0) is 18.1 Å². The summed E-state index contributed by atoms with van der Waals surface area (Å²) in [6.45, 7) is 1.66. The van der Waals surface area contributed by atoms with Crippen LogP contribution in [-0.2, 0) is 26.7 Å². The van der Waals surface area contributed by atoms with Crippen LogP contribution >= 0.6 is 0 Å². The molecule has 1 aromatic carbocycles. The predicted octanol–water partition coefficient (Wildman–Crippen LogP) is 1.28. The van der Waals surface area contributed by atoms with E-state index in [0.717, 1.165) is 10.5 Å². The summed E-state index contributed by atoms with van der Waals surface area (Å²) < 4.78 is 63.8. The summed E-state index contributed by atoms with van der Waals surface area (Å²) in [5, 5.41) is 0. The van der Waals surface area contributed by atoms with E-state index in [1.165, 1.54) is 0 Å². The lowest BCUT2D eigenvalue weighted by Gasteiger charge is -2.37. The first-order valence-corrected chi connectivity index (χ1v) is 9.33. The van der Waals surface area contributed by atoms with Crippen LogP contribution in [0.15, 0.2) is 24.3 Å². The summed E-state index contributed by atoms with van der Waals surface area (Å²) in [5.41, 5.74) is 1.16. The second-order valence-corrected chi connectivity index (χ2v) is 8.45. The van der Waals surface area contributed by atoms with Crippen molar-refractivity contribution in [3.05, 3.63) is 29.8 Å². The molecule has 1 aliphatic heterocycles. The topological polar surface area (TPSA) is 112 Å². The molecule has 1 heterocycles. The first-order chi connectivity index (χ1) is 9.65. The number of hydrogen-bond donors (Lipinski definition) is 2. The number of para-hydroxylation sites is 1. The standard InChI is InChI=1S/C12H17NO6S2/c1-2-8-12(20(14,15)16,21(17,18)19)13-9-7-10-5-3-4-6-11(10)13/h3-6H,2,7-9H2,1H3,(H,14,15,16)(H,17,18,19). The Morgan fingerprint density at radius 3 is 2.24 bits per heavy atom. The molecule has 0 spiro atoms. The maximum Gasteiger partial charge on any atom is 0.307 e. The molecule has 0 amide bonds. The molecule has 2 rings (SSSR count). The summed E-state index contributed by atoms with van der Waals surface area (Å²) in [4.78, 5) is 1.07. The highest BCUT2D eigenvalue weighted by Crippen LogP contribution is 2.41.